The van der Waals surface area contributed by atoms with Gasteiger partial charge < -0.3 is 14.9 Å². The van der Waals surface area contributed by atoms with Crippen molar-refractivity contribution in [3.63, 3.8) is 0 Å². The number of likely N-dealkylation sites (tertiary alicyclic amines) is 1. The molecule has 0 bridgehead atoms. The van der Waals surface area contributed by atoms with Gasteiger partial charge in [0.15, 0.2) is 0 Å². The Morgan fingerprint density at radius 1 is 1.22 bits per heavy atom. The van der Waals surface area contributed by atoms with Crippen molar-refractivity contribution in [3.8, 4) is 0 Å². The minimum Gasteiger partial charge on any atom is -0.507 e. The molecule has 2 aromatic rings. The van der Waals surface area contributed by atoms with E-state index in [0.717, 1.165) is 6.07 Å². The molecule has 1 fully saturated rings. The zero-order valence-corrected chi connectivity index (χ0v) is 18.0. The Bertz CT molecular complexity index is 1110. The van der Waals surface area contributed by atoms with E-state index in [1.807, 2.05) is 19.0 Å². The van der Waals surface area contributed by atoms with E-state index >= 15 is 0 Å². The van der Waals surface area contributed by atoms with Crippen LogP contribution in [0.1, 0.15) is 29.2 Å². The molecule has 32 heavy (non-hydrogen) atoms. The van der Waals surface area contributed by atoms with Gasteiger partial charge in [-0.15, -0.1) is 0 Å². The van der Waals surface area contributed by atoms with Crippen LogP contribution in [0.3, 0.4) is 0 Å². The number of amides is 1. The molecule has 8 nitrogen and oxygen atoms in total. The van der Waals surface area contributed by atoms with Crippen LogP contribution in [0.25, 0.3) is 5.76 Å². The third-order valence-electron chi connectivity index (χ3n) is 5.39. The number of carbonyl (C=O) groups is 2. The molecule has 0 saturated carbocycles. The number of carbonyl (C=O) groups excluding carboxylic acids is 2. The summed E-state index contributed by atoms with van der Waals surface area (Å²) in [4.78, 5) is 39.7. The van der Waals surface area contributed by atoms with Crippen LogP contribution in [0.2, 0.25) is 0 Å². The molecule has 0 spiro atoms. The van der Waals surface area contributed by atoms with Crippen molar-refractivity contribution in [3.05, 3.63) is 80.7 Å². The van der Waals surface area contributed by atoms with Crippen LogP contribution in [0.5, 0.6) is 0 Å². The number of hydrogen-bond acceptors (Lipinski definition) is 6. The number of non-ortho nitro benzene ring substituents is 1. The van der Waals surface area contributed by atoms with Gasteiger partial charge in [0.1, 0.15) is 11.6 Å². The van der Waals surface area contributed by atoms with Gasteiger partial charge in [-0.2, -0.15) is 0 Å². The minimum absolute atomic E-state index is 0.0508. The largest absolute Gasteiger partial charge is 0.507 e. The quantitative estimate of drug-likeness (QED) is 0.232. The molecule has 0 radical (unpaired) electrons. The van der Waals surface area contributed by atoms with E-state index in [1.165, 1.54) is 35.2 Å². The van der Waals surface area contributed by atoms with E-state index < -0.39 is 34.2 Å². The molecule has 3 rings (SSSR count). The summed E-state index contributed by atoms with van der Waals surface area (Å²) in [6, 6.07) is 8.58. The Balaban J connectivity index is 2.15. The lowest BCUT2D eigenvalue weighted by Crippen LogP contribution is -2.32. The van der Waals surface area contributed by atoms with Crippen molar-refractivity contribution in [2.24, 2.45) is 0 Å². The summed E-state index contributed by atoms with van der Waals surface area (Å²) in [5.41, 5.74) is 0.305. The summed E-state index contributed by atoms with van der Waals surface area (Å²) in [6.07, 6.45) is 0.546. The van der Waals surface area contributed by atoms with Crippen molar-refractivity contribution in [2.75, 3.05) is 27.2 Å². The SMILES string of the molecule is Cc1ccc(/C(O)=C2/C(=O)C(=O)N(CCCN(C)C)C2c2cccc([N+](=O)[O-])c2)cc1F. The van der Waals surface area contributed by atoms with Gasteiger partial charge in [0, 0.05) is 24.2 Å². The summed E-state index contributed by atoms with van der Waals surface area (Å²) in [5.74, 6) is -2.81. The maximum absolute atomic E-state index is 14.1. The second-order valence-corrected chi connectivity index (χ2v) is 7.97. The predicted octanol–water partition coefficient (Wildman–Crippen LogP) is 3.42. The summed E-state index contributed by atoms with van der Waals surface area (Å²) < 4.78 is 14.1. The van der Waals surface area contributed by atoms with Crippen molar-refractivity contribution < 1.29 is 24.0 Å². The monoisotopic (exact) mass is 441 g/mol. The molecule has 1 aliphatic rings. The molecule has 1 saturated heterocycles. The molecular weight excluding hydrogens is 417 g/mol. The molecule has 168 valence electrons. The van der Waals surface area contributed by atoms with Gasteiger partial charge >= 0.3 is 0 Å². The average Bonchev–Trinajstić information content (AvgIpc) is 3.00. The van der Waals surface area contributed by atoms with Crippen molar-refractivity contribution in [2.45, 2.75) is 19.4 Å². The lowest BCUT2D eigenvalue weighted by molar-refractivity contribution is -0.384. The third kappa shape index (κ3) is 4.52. The fourth-order valence-corrected chi connectivity index (χ4v) is 3.72. The van der Waals surface area contributed by atoms with Crippen LogP contribution in [0, 0.1) is 22.9 Å². The second-order valence-electron chi connectivity index (χ2n) is 7.97. The third-order valence-corrected chi connectivity index (χ3v) is 5.39. The highest BCUT2D eigenvalue weighted by Crippen LogP contribution is 2.40. The Morgan fingerprint density at radius 3 is 2.56 bits per heavy atom. The zero-order valence-electron chi connectivity index (χ0n) is 18.0. The van der Waals surface area contributed by atoms with Crippen LogP contribution >= 0.6 is 0 Å². The Kier molecular flexibility index (Phi) is 6.69. The highest BCUT2D eigenvalue weighted by atomic mass is 19.1. The highest BCUT2D eigenvalue weighted by Gasteiger charge is 2.46. The molecule has 1 atom stereocenters. The molecule has 9 heteroatoms. The fraction of sp³-hybridized carbons (Fsp3) is 0.304. The second kappa shape index (κ2) is 9.27. The van der Waals surface area contributed by atoms with E-state index in [0.29, 0.717) is 24.1 Å². The first kappa shape index (κ1) is 23.1. The number of benzene rings is 2. The van der Waals surface area contributed by atoms with Crippen LogP contribution in [0.15, 0.2) is 48.0 Å². The number of hydrogen-bond donors (Lipinski definition) is 1. The van der Waals surface area contributed by atoms with Gasteiger partial charge in [0.25, 0.3) is 17.4 Å². The molecule has 1 amide bonds. The number of aliphatic hydroxyl groups is 1. The number of aliphatic hydroxyl groups excluding tert-OH is 1. The van der Waals surface area contributed by atoms with E-state index in [-0.39, 0.29) is 23.4 Å². The highest BCUT2D eigenvalue weighted by molar-refractivity contribution is 6.46. The standard InChI is InChI=1S/C23H24FN3O5/c1-14-8-9-16(13-18(14)24)21(28)19-20(15-6-4-7-17(12-15)27(31)32)26(23(30)22(19)29)11-5-10-25(2)3/h4,6-9,12-13,20,28H,5,10-11H2,1-3H3/b21-19-. The van der Waals surface area contributed by atoms with E-state index in [2.05, 4.69) is 0 Å². The fourth-order valence-electron chi connectivity index (χ4n) is 3.72. The lowest BCUT2D eigenvalue weighted by atomic mass is 9.94. The van der Waals surface area contributed by atoms with Gasteiger partial charge in [-0.05, 0) is 51.2 Å². The molecule has 1 N–H and O–H groups in total. The van der Waals surface area contributed by atoms with Crippen molar-refractivity contribution in [1.29, 1.82) is 0 Å². The van der Waals surface area contributed by atoms with Crippen LogP contribution in [-0.2, 0) is 9.59 Å². The van der Waals surface area contributed by atoms with Crippen molar-refractivity contribution in [1.82, 2.24) is 9.80 Å². The normalized spacial score (nSPS) is 17.9. The minimum atomic E-state index is -1.03. The zero-order chi connectivity index (χ0) is 23.6. The topological polar surface area (TPSA) is 104 Å². The number of rotatable bonds is 7. The first-order valence-electron chi connectivity index (χ1n) is 10.1. The first-order valence-corrected chi connectivity index (χ1v) is 10.1. The maximum atomic E-state index is 14.1. The molecule has 1 aliphatic heterocycles. The van der Waals surface area contributed by atoms with E-state index in [9.17, 15) is 29.2 Å². The summed E-state index contributed by atoms with van der Waals surface area (Å²) in [6.45, 7) is 2.41. The van der Waals surface area contributed by atoms with Gasteiger partial charge in [0.2, 0.25) is 0 Å². The molecule has 2 aromatic carbocycles. The number of halogens is 1. The number of aryl methyl sites for hydroxylation is 1. The van der Waals surface area contributed by atoms with Gasteiger partial charge in [0.05, 0.1) is 16.5 Å². The molecule has 0 aliphatic carbocycles. The van der Waals surface area contributed by atoms with Gasteiger partial charge in [-0.3, -0.25) is 19.7 Å². The summed E-state index contributed by atoms with van der Waals surface area (Å²) >= 11 is 0. The number of nitro benzene ring substituents is 1. The van der Waals surface area contributed by atoms with Crippen molar-refractivity contribution >= 4 is 23.1 Å². The van der Waals surface area contributed by atoms with E-state index in [4.69, 9.17) is 0 Å². The summed E-state index contributed by atoms with van der Waals surface area (Å²) in [7, 11) is 3.75. The lowest BCUT2D eigenvalue weighted by Gasteiger charge is -2.25. The molecule has 0 aromatic heterocycles. The van der Waals surface area contributed by atoms with Crippen LogP contribution in [0.4, 0.5) is 10.1 Å². The van der Waals surface area contributed by atoms with Gasteiger partial charge in [-0.1, -0.05) is 24.3 Å². The molecule has 1 unspecified atom stereocenters. The smallest absolute Gasteiger partial charge is 0.295 e. The number of ketones is 1. The molecular formula is C23H24FN3O5. The number of Topliss-reactive ketones (excluding diaryl/α,β-unsaturated/α-hetero) is 1. The van der Waals surface area contributed by atoms with Gasteiger partial charge in [-0.25, -0.2) is 4.39 Å². The Labute approximate surface area is 184 Å². The Morgan fingerprint density at radius 2 is 1.94 bits per heavy atom. The molecule has 1 heterocycles. The predicted molar refractivity (Wildman–Crippen MR) is 116 cm³/mol. The number of nitro groups is 1. The first-order chi connectivity index (χ1) is 15.1. The van der Waals surface area contributed by atoms with E-state index in [1.54, 1.807) is 13.0 Å². The maximum Gasteiger partial charge on any atom is 0.295 e. The Hall–Kier alpha value is -3.59. The number of nitrogens with zero attached hydrogens (tertiary/aromatic N) is 3. The average molecular weight is 441 g/mol. The van der Waals surface area contributed by atoms with Crippen LogP contribution < -0.4 is 0 Å². The van der Waals surface area contributed by atoms with Crippen LogP contribution in [-0.4, -0.2) is 58.7 Å². The summed E-state index contributed by atoms with van der Waals surface area (Å²) in [5, 5.41) is 22.2.